The predicted molar refractivity (Wildman–Crippen MR) is 61.6 cm³/mol. The third-order valence-corrected chi connectivity index (χ3v) is 2.22. The molecule has 0 radical (unpaired) electrons. The largest absolute Gasteiger partial charge is 0.355 e. The quantitative estimate of drug-likeness (QED) is 0.737. The number of hydrogen-bond acceptors (Lipinski definition) is 2. The Bertz CT molecular complexity index is 383. The fourth-order valence-corrected chi connectivity index (χ4v) is 1.36. The first-order chi connectivity index (χ1) is 8.13. The number of carbonyl (C=O) groups is 1. The van der Waals surface area contributed by atoms with Gasteiger partial charge in [0, 0.05) is 13.1 Å². The lowest BCUT2D eigenvalue weighted by atomic mass is 10.1. The van der Waals surface area contributed by atoms with Crippen molar-refractivity contribution < 1.29 is 13.6 Å². The molecule has 1 rings (SSSR count). The minimum atomic E-state index is -0.928. The van der Waals surface area contributed by atoms with Gasteiger partial charge in [0.2, 0.25) is 5.91 Å². The maximum absolute atomic E-state index is 12.9. The zero-order valence-corrected chi connectivity index (χ0v) is 9.72. The molecule has 5 heteroatoms. The second kappa shape index (κ2) is 6.96. The molecular weight excluding hydrogens is 226 g/mol. The Morgan fingerprint density at radius 3 is 2.65 bits per heavy atom. The SMILES string of the molecule is CCNCCNC(=O)Cc1ccc(F)c(F)c1. The van der Waals surface area contributed by atoms with Crippen LogP contribution in [0.25, 0.3) is 0 Å². The fourth-order valence-electron chi connectivity index (χ4n) is 1.36. The second-order valence-corrected chi connectivity index (χ2v) is 3.63. The number of likely N-dealkylation sites (N-methyl/N-ethyl adjacent to an activating group) is 1. The number of hydrogen-bond donors (Lipinski definition) is 2. The summed E-state index contributed by atoms with van der Waals surface area (Å²) in [4.78, 5) is 11.4. The van der Waals surface area contributed by atoms with Crippen LogP contribution in [0.15, 0.2) is 18.2 Å². The number of amides is 1. The molecule has 0 aliphatic carbocycles. The van der Waals surface area contributed by atoms with Crippen molar-refractivity contribution >= 4 is 5.91 Å². The van der Waals surface area contributed by atoms with Crippen LogP contribution in [0.1, 0.15) is 12.5 Å². The van der Waals surface area contributed by atoms with Crippen LogP contribution in [0, 0.1) is 11.6 Å². The highest BCUT2D eigenvalue weighted by Gasteiger charge is 2.06. The van der Waals surface area contributed by atoms with E-state index in [1.807, 2.05) is 6.92 Å². The van der Waals surface area contributed by atoms with E-state index < -0.39 is 11.6 Å². The first kappa shape index (κ1) is 13.6. The van der Waals surface area contributed by atoms with Crippen LogP contribution in [-0.4, -0.2) is 25.5 Å². The van der Waals surface area contributed by atoms with E-state index in [-0.39, 0.29) is 12.3 Å². The molecule has 0 saturated carbocycles. The summed E-state index contributed by atoms with van der Waals surface area (Å²) < 4.78 is 25.5. The monoisotopic (exact) mass is 242 g/mol. The number of rotatable bonds is 6. The van der Waals surface area contributed by atoms with Crippen molar-refractivity contribution in [1.82, 2.24) is 10.6 Å². The van der Waals surface area contributed by atoms with Gasteiger partial charge in [-0.2, -0.15) is 0 Å². The molecule has 3 nitrogen and oxygen atoms in total. The summed E-state index contributed by atoms with van der Waals surface area (Å²) in [5.74, 6) is -2.03. The standard InChI is InChI=1S/C12H16F2N2O/c1-2-15-5-6-16-12(17)8-9-3-4-10(13)11(14)7-9/h3-4,7,15H,2,5-6,8H2,1H3,(H,16,17). The van der Waals surface area contributed by atoms with E-state index in [0.717, 1.165) is 18.7 Å². The molecule has 0 aromatic heterocycles. The Hall–Kier alpha value is -1.49. The lowest BCUT2D eigenvalue weighted by molar-refractivity contribution is -0.120. The van der Waals surface area contributed by atoms with Crippen molar-refractivity contribution in [3.63, 3.8) is 0 Å². The van der Waals surface area contributed by atoms with Gasteiger partial charge in [0.15, 0.2) is 11.6 Å². The molecule has 0 bridgehead atoms. The average Bonchev–Trinajstić information content (AvgIpc) is 2.30. The van der Waals surface area contributed by atoms with Gasteiger partial charge in [0.05, 0.1) is 6.42 Å². The van der Waals surface area contributed by atoms with Crippen molar-refractivity contribution in [1.29, 1.82) is 0 Å². The van der Waals surface area contributed by atoms with Crippen molar-refractivity contribution in [2.45, 2.75) is 13.3 Å². The third-order valence-electron chi connectivity index (χ3n) is 2.22. The van der Waals surface area contributed by atoms with E-state index in [0.29, 0.717) is 18.7 Å². The number of carbonyl (C=O) groups excluding carboxylic acids is 1. The summed E-state index contributed by atoms with van der Waals surface area (Å²) in [6, 6.07) is 3.47. The fraction of sp³-hybridized carbons (Fsp3) is 0.417. The summed E-state index contributed by atoms with van der Waals surface area (Å²) in [7, 11) is 0. The summed E-state index contributed by atoms with van der Waals surface area (Å²) in [6.07, 6.45) is 0.0589. The molecule has 94 valence electrons. The molecule has 17 heavy (non-hydrogen) atoms. The number of halogens is 2. The summed E-state index contributed by atoms with van der Waals surface area (Å²) in [5.41, 5.74) is 0.463. The number of nitrogens with one attached hydrogen (secondary N) is 2. The van der Waals surface area contributed by atoms with Crippen molar-refractivity contribution in [2.24, 2.45) is 0 Å². The zero-order valence-electron chi connectivity index (χ0n) is 9.72. The van der Waals surface area contributed by atoms with Crippen LogP contribution >= 0.6 is 0 Å². The Kier molecular flexibility index (Phi) is 5.56. The topological polar surface area (TPSA) is 41.1 Å². The maximum Gasteiger partial charge on any atom is 0.224 e. The third kappa shape index (κ3) is 4.91. The molecular formula is C12H16F2N2O. The van der Waals surface area contributed by atoms with E-state index in [2.05, 4.69) is 10.6 Å². The Morgan fingerprint density at radius 2 is 2.00 bits per heavy atom. The van der Waals surface area contributed by atoms with E-state index in [4.69, 9.17) is 0 Å². The summed E-state index contributed by atoms with van der Waals surface area (Å²) in [6.45, 7) is 4.04. The molecule has 0 spiro atoms. The predicted octanol–water partition coefficient (Wildman–Crippen LogP) is 1.23. The highest BCUT2D eigenvalue weighted by atomic mass is 19.2. The highest BCUT2D eigenvalue weighted by molar-refractivity contribution is 5.78. The van der Waals surface area contributed by atoms with Crippen LogP contribution in [-0.2, 0) is 11.2 Å². The van der Waals surface area contributed by atoms with Crippen LogP contribution in [0.5, 0.6) is 0 Å². The second-order valence-electron chi connectivity index (χ2n) is 3.63. The molecule has 0 aliphatic heterocycles. The van der Waals surface area contributed by atoms with Gasteiger partial charge in [-0.15, -0.1) is 0 Å². The van der Waals surface area contributed by atoms with E-state index in [1.165, 1.54) is 6.07 Å². The van der Waals surface area contributed by atoms with Gasteiger partial charge < -0.3 is 10.6 Å². The molecule has 0 unspecified atom stereocenters. The van der Waals surface area contributed by atoms with Crippen molar-refractivity contribution in [3.05, 3.63) is 35.4 Å². The van der Waals surface area contributed by atoms with Crippen LogP contribution in [0.2, 0.25) is 0 Å². The van der Waals surface area contributed by atoms with Crippen molar-refractivity contribution in [2.75, 3.05) is 19.6 Å². The van der Waals surface area contributed by atoms with Gasteiger partial charge in [0.25, 0.3) is 0 Å². The van der Waals surface area contributed by atoms with Gasteiger partial charge in [-0.05, 0) is 24.2 Å². The van der Waals surface area contributed by atoms with E-state index in [9.17, 15) is 13.6 Å². The molecule has 0 saturated heterocycles. The minimum absolute atomic E-state index is 0.0589. The Balaban J connectivity index is 2.37. The van der Waals surface area contributed by atoms with Gasteiger partial charge in [-0.25, -0.2) is 8.78 Å². The minimum Gasteiger partial charge on any atom is -0.355 e. The summed E-state index contributed by atoms with van der Waals surface area (Å²) >= 11 is 0. The van der Waals surface area contributed by atoms with Crippen LogP contribution in [0.4, 0.5) is 8.78 Å². The molecule has 0 aliphatic rings. The average molecular weight is 242 g/mol. The lowest BCUT2D eigenvalue weighted by Crippen LogP contribution is -2.32. The molecule has 1 amide bonds. The van der Waals surface area contributed by atoms with Gasteiger partial charge in [-0.3, -0.25) is 4.79 Å². The molecule has 1 aromatic rings. The lowest BCUT2D eigenvalue weighted by Gasteiger charge is -2.05. The molecule has 2 N–H and O–H groups in total. The molecule has 1 aromatic carbocycles. The summed E-state index contributed by atoms with van der Waals surface area (Å²) in [5, 5.41) is 5.74. The first-order valence-electron chi connectivity index (χ1n) is 5.54. The molecule has 0 fully saturated rings. The number of benzene rings is 1. The van der Waals surface area contributed by atoms with Crippen LogP contribution < -0.4 is 10.6 Å². The normalized spacial score (nSPS) is 10.3. The zero-order chi connectivity index (χ0) is 12.7. The van der Waals surface area contributed by atoms with Gasteiger partial charge >= 0.3 is 0 Å². The van der Waals surface area contributed by atoms with E-state index in [1.54, 1.807) is 0 Å². The smallest absolute Gasteiger partial charge is 0.224 e. The Labute approximate surface area is 99.2 Å². The van der Waals surface area contributed by atoms with Crippen LogP contribution in [0.3, 0.4) is 0 Å². The molecule has 0 atom stereocenters. The van der Waals surface area contributed by atoms with Gasteiger partial charge in [0.1, 0.15) is 0 Å². The van der Waals surface area contributed by atoms with E-state index >= 15 is 0 Å². The van der Waals surface area contributed by atoms with Crippen molar-refractivity contribution in [3.8, 4) is 0 Å². The highest BCUT2D eigenvalue weighted by Crippen LogP contribution is 2.08. The molecule has 0 heterocycles. The Morgan fingerprint density at radius 1 is 1.24 bits per heavy atom. The first-order valence-corrected chi connectivity index (χ1v) is 5.54. The van der Waals surface area contributed by atoms with Gasteiger partial charge in [-0.1, -0.05) is 13.0 Å². The maximum atomic E-state index is 12.9.